The van der Waals surface area contributed by atoms with Gasteiger partial charge in [0.1, 0.15) is 33.8 Å². The number of carbonyl (C=O) groups is 2. The third-order valence-corrected chi connectivity index (χ3v) is 9.45. The monoisotopic (exact) mass is 664 g/mol. The standard InChI is InChI=1S/C36H40N8O5/c1-20(2)27(24-11-9-22-7-5-14-38-29(22)31(24)45)43-34(48)36(4)18-37-19-44(36)16-13-21(3)28(42-33(47)26-17-40-35(49)41-26)25-12-10-23-8-6-15-39-30(23)32(25)46/h5-12,14-15,17,19-21,27-28,45-46H,13,16,18H2,1-4H3,(H,42,47)(H,43,48)(H2,40,41,49). The first kappa shape index (κ1) is 33.2. The van der Waals surface area contributed by atoms with Crippen molar-refractivity contribution in [3.63, 3.8) is 0 Å². The zero-order chi connectivity index (χ0) is 34.9. The van der Waals surface area contributed by atoms with Crippen molar-refractivity contribution in [2.45, 2.75) is 51.7 Å². The molecule has 4 unspecified atom stereocenters. The molecule has 13 heteroatoms. The highest BCUT2D eigenvalue weighted by molar-refractivity contribution is 5.93. The lowest BCUT2D eigenvalue weighted by Crippen LogP contribution is -2.57. The minimum absolute atomic E-state index is 0.0413. The summed E-state index contributed by atoms with van der Waals surface area (Å²) in [5, 5.41) is 30.2. The van der Waals surface area contributed by atoms with Crippen molar-refractivity contribution >= 4 is 40.0 Å². The van der Waals surface area contributed by atoms with Gasteiger partial charge in [-0.05, 0) is 37.3 Å². The maximum Gasteiger partial charge on any atom is 0.323 e. The molecule has 0 spiro atoms. The van der Waals surface area contributed by atoms with Crippen LogP contribution in [-0.2, 0) is 4.79 Å². The molecule has 0 saturated carbocycles. The number of phenols is 2. The number of hydrogen-bond acceptors (Lipinski definition) is 9. The van der Waals surface area contributed by atoms with Crippen molar-refractivity contribution in [1.82, 2.24) is 35.5 Å². The summed E-state index contributed by atoms with van der Waals surface area (Å²) >= 11 is 0. The molecule has 0 bridgehead atoms. The highest BCUT2D eigenvalue weighted by Crippen LogP contribution is 2.37. The number of fused-ring (bicyclic) bond motifs is 2. The van der Waals surface area contributed by atoms with Gasteiger partial charge < -0.3 is 35.7 Å². The van der Waals surface area contributed by atoms with Crippen LogP contribution in [0.3, 0.4) is 0 Å². The van der Waals surface area contributed by atoms with Crippen molar-refractivity contribution in [3.8, 4) is 11.5 Å². The van der Waals surface area contributed by atoms with Crippen LogP contribution in [0.25, 0.3) is 21.8 Å². The van der Waals surface area contributed by atoms with E-state index in [4.69, 9.17) is 0 Å². The Kier molecular flexibility index (Phi) is 9.09. The minimum Gasteiger partial charge on any atom is -0.505 e. The molecule has 1 aliphatic heterocycles. The second-order valence-corrected chi connectivity index (χ2v) is 13.1. The molecule has 254 valence electrons. The number of benzene rings is 2. The predicted molar refractivity (Wildman–Crippen MR) is 186 cm³/mol. The number of nitrogens with zero attached hydrogens (tertiary/aromatic N) is 4. The van der Waals surface area contributed by atoms with Gasteiger partial charge in [-0.2, -0.15) is 0 Å². The molecule has 0 aliphatic carbocycles. The third-order valence-electron chi connectivity index (χ3n) is 9.45. The Balaban J connectivity index is 1.22. The number of nitrogens with one attached hydrogen (secondary N) is 4. The summed E-state index contributed by atoms with van der Waals surface area (Å²) in [6, 6.07) is 13.5. The average molecular weight is 665 g/mol. The van der Waals surface area contributed by atoms with Crippen LogP contribution in [0.1, 0.15) is 67.8 Å². The van der Waals surface area contributed by atoms with Crippen molar-refractivity contribution in [2.24, 2.45) is 16.8 Å². The lowest BCUT2D eigenvalue weighted by atomic mass is 9.89. The summed E-state index contributed by atoms with van der Waals surface area (Å²) in [5.41, 5.74) is 0.481. The van der Waals surface area contributed by atoms with Crippen molar-refractivity contribution in [3.05, 3.63) is 94.4 Å². The Labute approximate surface area is 282 Å². The molecular weight excluding hydrogens is 624 g/mol. The number of aromatic nitrogens is 4. The first-order chi connectivity index (χ1) is 23.5. The average Bonchev–Trinajstić information content (AvgIpc) is 3.71. The Morgan fingerprint density at radius 2 is 1.53 bits per heavy atom. The molecule has 2 amide bonds. The predicted octanol–water partition coefficient (Wildman–Crippen LogP) is 4.32. The first-order valence-electron chi connectivity index (χ1n) is 16.3. The second kappa shape index (κ2) is 13.4. The zero-order valence-electron chi connectivity index (χ0n) is 27.8. The Hall–Kier alpha value is -5.72. The van der Waals surface area contributed by atoms with E-state index in [9.17, 15) is 24.6 Å². The largest absolute Gasteiger partial charge is 0.505 e. The number of H-pyrrole nitrogens is 2. The van der Waals surface area contributed by atoms with Crippen LogP contribution in [0.4, 0.5) is 0 Å². The van der Waals surface area contributed by atoms with Crippen LogP contribution < -0.4 is 16.3 Å². The van der Waals surface area contributed by atoms with Crippen LogP contribution in [0.15, 0.2) is 76.9 Å². The number of aromatic hydroxyl groups is 2. The van der Waals surface area contributed by atoms with Crippen molar-refractivity contribution < 1.29 is 19.8 Å². The van der Waals surface area contributed by atoms with E-state index in [1.54, 1.807) is 36.9 Å². The molecular formula is C36H40N8O5. The summed E-state index contributed by atoms with van der Waals surface area (Å²) in [4.78, 5) is 59.0. The molecule has 0 saturated heterocycles. The van der Waals surface area contributed by atoms with E-state index in [0.717, 1.165) is 10.8 Å². The topological polar surface area (TPSA) is 189 Å². The number of pyridine rings is 2. The zero-order valence-corrected chi connectivity index (χ0v) is 27.8. The van der Waals surface area contributed by atoms with E-state index in [1.807, 2.05) is 62.9 Å². The number of rotatable bonds is 11. The van der Waals surface area contributed by atoms with E-state index >= 15 is 0 Å². The fraction of sp³-hybridized carbons (Fsp3) is 0.333. The molecule has 1 aliphatic rings. The van der Waals surface area contributed by atoms with Crippen LogP contribution >= 0.6 is 0 Å². The van der Waals surface area contributed by atoms with Gasteiger partial charge in [-0.3, -0.25) is 24.5 Å². The Bertz CT molecular complexity index is 2110. The summed E-state index contributed by atoms with van der Waals surface area (Å²) in [7, 11) is 0. The van der Waals surface area contributed by atoms with Gasteiger partial charge in [-0.1, -0.05) is 57.2 Å². The van der Waals surface area contributed by atoms with Crippen molar-refractivity contribution in [2.75, 3.05) is 13.1 Å². The molecule has 6 N–H and O–H groups in total. The molecule has 4 heterocycles. The maximum absolute atomic E-state index is 14.1. The summed E-state index contributed by atoms with van der Waals surface area (Å²) < 4.78 is 0. The number of phenolic OH excluding ortho intramolecular Hbond substituents is 2. The molecule has 0 fully saturated rings. The van der Waals surface area contributed by atoms with Gasteiger partial charge in [0.2, 0.25) is 5.91 Å². The van der Waals surface area contributed by atoms with E-state index in [1.165, 1.54) is 6.20 Å². The fourth-order valence-electron chi connectivity index (χ4n) is 6.44. The highest BCUT2D eigenvalue weighted by atomic mass is 16.3. The minimum atomic E-state index is -1.02. The molecule has 3 aromatic heterocycles. The molecule has 13 nitrogen and oxygen atoms in total. The summed E-state index contributed by atoms with van der Waals surface area (Å²) in [5.74, 6) is -1.06. The number of hydrogen-bond donors (Lipinski definition) is 6. The molecule has 4 atom stereocenters. The van der Waals surface area contributed by atoms with Gasteiger partial charge in [-0.15, -0.1) is 0 Å². The Morgan fingerprint density at radius 3 is 2.10 bits per heavy atom. The van der Waals surface area contributed by atoms with E-state index in [-0.39, 0.29) is 41.5 Å². The summed E-state index contributed by atoms with van der Waals surface area (Å²) in [6.45, 7) is 8.39. The smallest absolute Gasteiger partial charge is 0.323 e. The van der Waals surface area contributed by atoms with Gasteiger partial charge >= 0.3 is 5.69 Å². The van der Waals surface area contributed by atoms with E-state index in [2.05, 4.69) is 35.6 Å². The van der Waals surface area contributed by atoms with Gasteiger partial charge in [0.15, 0.2) is 0 Å². The van der Waals surface area contributed by atoms with Crippen LogP contribution in [-0.4, -0.2) is 71.8 Å². The van der Waals surface area contributed by atoms with Gasteiger partial charge in [0.25, 0.3) is 5.91 Å². The third kappa shape index (κ3) is 6.43. The van der Waals surface area contributed by atoms with Gasteiger partial charge in [-0.25, -0.2) is 4.79 Å². The molecule has 6 rings (SSSR count). The number of carbonyl (C=O) groups excluding carboxylic acids is 2. The Morgan fingerprint density at radius 1 is 0.918 bits per heavy atom. The summed E-state index contributed by atoms with van der Waals surface area (Å²) in [6.07, 6.45) is 6.68. The van der Waals surface area contributed by atoms with Gasteiger partial charge in [0, 0.05) is 47.0 Å². The lowest BCUT2D eigenvalue weighted by molar-refractivity contribution is -0.130. The lowest BCUT2D eigenvalue weighted by Gasteiger charge is -2.37. The SMILES string of the molecule is CC(C)C(NC(=O)C1(C)CN=CN1CCC(C)C(NC(=O)c1c[nH]c(=O)[nH]1)c1ccc2cccnc2c1O)c1ccc2cccnc2c1O. The maximum atomic E-state index is 14.1. The molecule has 5 aromatic rings. The number of aromatic amines is 2. The first-order valence-corrected chi connectivity index (χ1v) is 16.3. The normalized spacial score (nSPS) is 17.8. The van der Waals surface area contributed by atoms with Crippen LogP contribution in [0.5, 0.6) is 11.5 Å². The molecule has 0 radical (unpaired) electrons. The van der Waals surface area contributed by atoms with Crippen LogP contribution in [0, 0.1) is 11.8 Å². The van der Waals surface area contributed by atoms with E-state index in [0.29, 0.717) is 35.1 Å². The van der Waals surface area contributed by atoms with Crippen LogP contribution in [0.2, 0.25) is 0 Å². The van der Waals surface area contributed by atoms with Gasteiger partial charge in [0.05, 0.1) is 25.0 Å². The number of amides is 2. The van der Waals surface area contributed by atoms with Crippen molar-refractivity contribution in [1.29, 1.82) is 0 Å². The fourth-order valence-corrected chi connectivity index (χ4v) is 6.44. The molecule has 49 heavy (non-hydrogen) atoms. The number of imidazole rings is 1. The highest BCUT2D eigenvalue weighted by Gasteiger charge is 2.43. The molecule has 2 aromatic carbocycles. The van der Waals surface area contributed by atoms with E-state index < -0.39 is 29.2 Å². The second-order valence-electron chi connectivity index (χ2n) is 13.1. The quantitative estimate of drug-likeness (QED) is 0.120. The number of aliphatic imine (C=N–C) groups is 1.